The van der Waals surface area contributed by atoms with Crippen molar-refractivity contribution >= 4 is 21.7 Å². The molecule has 0 spiro atoms. The smallest absolute Gasteiger partial charge is 0.253 e. The van der Waals surface area contributed by atoms with Gasteiger partial charge < -0.3 is 9.64 Å². The minimum absolute atomic E-state index is 0.0920. The van der Waals surface area contributed by atoms with Crippen LogP contribution >= 0.6 is 0 Å². The van der Waals surface area contributed by atoms with Crippen molar-refractivity contribution < 1.29 is 22.7 Å². The lowest BCUT2D eigenvalue weighted by Crippen LogP contribution is -2.40. The number of sulfonamides is 1. The highest BCUT2D eigenvalue weighted by Crippen LogP contribution is 2.24. The van der Waals surface area contributed by atoms with Gasteiger partial charge in [-0.15, -0.1) is 0 Å². The van der Waals surface area contributed by atoms with Crippen molar-refractivity contribution in [2.45, 2.75) is 38.0 Å². The Morgan fingerprint density at radius 2 is 1.59 bits per heavy atom. The Balaban J connectivity index is 1.55. The van der Waals surface area contributed by atoms with E-state index in [2.05, 4.69) is 18.6 Å². The molecule has 1 N–H and O–H groups in total. The summed E-state index contributed by atoms with van der Waals surface area (Å²) in [7, 11) is -2.15. The van der Waals surface area contributed by atoms with E-state index in [4.69, 9.17) is 4.74 Å². The van der Waals surface area contributed by atoms with Gasteiger partial charge in [0.15, 0.2) is 5.78 Å². The van der Waals surface area contributed by atoms with E-state index in [-0.39, 0.29) is 35.7 Å². The fourth-order valence-electron chi connectivity index (χ4n) is 4.18. The SMILES string of the molecule is COCCNS(=O)(=O)c1ccc(C(=O)N2CCC(C(=O)c3ccc(CC(C)C)cc3)CC2)cc1. The molecule has 1 saturated heterocycles. The third kappa shape index (κ3) is 6.74. The van der Waals surface area contributed by atoms with E-state index in [0.29, 0.717) is 37.4 Å². The number of likely N-dealkylation sites (tertiary alicyclic amines) is 1. The topological polar surface area (TPSA) is 92.8 Å². The molecule has 0 atom stereocenters. The number of hydrogen-bond donors (Lipinski definition) is 1. The van der Waals surface area contributed by atoms with Gasteiger partial charge >= 0.3 is 0 Å². The molecular weight excluding hydrogens is 452 g/mol. The lowest BCUT2D eigenvalue weighted by atomic mass is 9.88. The second-order valence-electron chi connectivity index (χ2n) is 9.14. The second-order valence-corrected chi connectivity index (χ2v) is 10.9. The van der Waals surface area contributed by atoms with Gasteiger partial charge in [-0.1, -0.05) is 38.1 Å². The van der Waals surface area contributed by atoms with Gasteiger partial charge in [-0.05, 0) is 55.0 Å². The lowest BCUT2D eigenvalue weighted by Gasteiger charge is -2.31. The number of hydrogen-bond acceptors (Lipinski definition) is 5. The summed E-state index contributed by atoms with van der Waals surface area (Å²) in [6.07, 6.45) is 2.23. The van der Waals surface area contributed by atoms with Crippen molar-refractivity contribution in [2.75, 3.05) is 33.4 Å². The van der Waals surface area contributed by atoms with E-state index in [1.54, 1.807) is 4.90 Å². The molecule has 0 saturated carbocycles. The molecule has 1 aliphatic rings. The average molecular weight is 487 g/mol. The predicted molar refractivity (Wildman–Crippen MR) is 131 cm³/mol. The number of Topliss-reactive ketones (excluding diaryl/α,β-unsaturated/α-hetero) is 1. The molecule has 0 unspecified atom stereocenters. The summed E-state index contributed by atoms with van der Waals surface area (Å²) >= 11 is 0. The van der Waals surface area contributed by atoms with E-state index in [0.717, 1.165) is 12.0 Å². The Morgan fingerprint density at radius 3 is 2.15 bits per heavy atom. The maximum atomic E-state index is 12.9. The van der Waals surface area contributed by atoms with Crippen LogP contribution in [0.2, 0.25) is 0 Å². The summed E-state index contributed by atoms with van der Waals surface area (Å²) in [5.74, 6) is 0.464. The lowest BCUT2D eigenvalue weighted by molar-refractivity contribution is 0.0650. The summed E-state index contributed by atoms with van der Waals surface area (Å²) in [4.78, 5) is 27.7. The molecule has 1 amide bonds. The number of nitrogens with zero attached hydrogens (tertiary/aromatic N) is 1. The van der Waals surface area contributed by atoms with Crippen molar-refractivity contribution in [3.05, 3.63) is 65.2 Å². The van der Waals surface area contributed by atoms with E-state index < -0.39 is 10.0 Å². The van der Waals surface area contributed by atoms with Crippen molar-refractivity contribution in [2.24, 2.45) is 11.8 Å². The Morgan fingerprint density at radius 1 is 1.00 bits per heavy atom. The molecule has 2 aromatic rings. The normalized spacial score (nSPS) is 15.0. The van der Waals surface area contributed by atoms with Crippen LogP contribution in [0.25, 0.3) is 0 Å². The van der Waals surface area contributed by atoms with Crippen LogP contribution in [0.4, 0.5) is 0 Å². The molecule has 1 heterocycles. The first kappa shape index (κ1) is 26.1. The van der Waals surface area contributed by atoms with Crippen LogP contribution in [-0.2, 0) is 21.2 Å². The van der Waals surface area contributed by atoms with E-state index in [1.807, 2.05) is 24.3 Å². The van der Waals surface area contributed by atoms with E-state index in [9.17, 15) is 18.0 Å². The van der Waals surface area contributed by atoms with Crippen LogP contribution in [0, 0.1) is 11.8 Å². The van der Waals surface area contributed by atoms with Gasteiger partial charge in [-0.2, -0.15) is 0 Å². The largest absolute Gasteiger partial charge is 0.383 e. The molecule has 1 fully saturated rings. The third-order valence-electron chi connectivity index (χ3n) is 6.05. The molecular formula is C26H34N2O5S. The van der Waals surface area contributed by atoms with Gasteiger partial charge in [0, 0.05) is 43.8 Å². The van der Waals surface area contributed by atoms with Gasteiger partial charge in [0.1, 0.15) is 0 Å². The van der Waals surface area contributed by atoms with E-state index in [1.165, 1.54) is 36.9 Å². The number of ketones is 1. The van der Waals surface area contributed by atoms with Crippen molar-refractivity contribution in [1.29, 1.82) is 0 Å². The first-order valence-electron chi connectivity index (χ1n) is 11.7. The van der Waals surface area contributed by atoms with Crippen LogP contribution in [0.5, 0.6) is 0 Å². The molecule has 7 nitrogen and oxygen atoms in total. The number of carbonyl (C=O) groups excluding carboxylic acids is 2. The zero-order valence-corrected chi connectivity index (χ0v) is 20.9. The van der Waals surface area contributed by atoms with Crippen molar-refractivity contribution in [3.63, 3.8) is 0 Å². The Kier molecular flexibility index (Phi) is 8.99. The van der Waals surface area contributed by atoms with Gasteiger partial charge in [0.05, 0.1) is 11.5 Å². The minimum atomic E-state index is -3.64. The highest BCUT2D eigenvalue weighted by molar-refractivity contribution is 7.89. The number of amides is 1. The molecule has 2 aromatic carbocycles. The Bertz CT molecular complexity index is 1070. The summed E-state index contributed by atoms with van der Waals surface area (Å²) < 4.78 is 31.9. The fourth-order valence-corrected chi connectivity index (χ4v) is 5.19. The van der Waals surface area contributed by atoms with Crippen LogP contribution in [0.15, 0.2) is 53.4 Å². The number of methoxy groups -OCH3 is 1. The van der Waals surface area contributed by atoms with Crippen molar-refractivity contribution in [1.82, 2.24) is 9.62 Å². The number of nitrogens with one attached hydrogen (secondary N) is 1. The minimum Gasteiger partial charge on any atom is -0.383 e. The maximum Gasteiger partial charge on any atom is 0.253 e. The highest BCUT2D eigenvalue weighted by Gasteiger charge is 2.28. The molecule has 184 valence electrons. The molecule has 0 bridgehead atoms. The van der Waals surface area contributed by atoms with Gasteiger partial charge in [0.25, 0.3) is 5.91 Å². The zero-order valence-electron chi connectivity index (χ0n) is 20.1. The summed E-state index contributed by atoms with van der Waals surface area (Å²) in [6.45, 7) is 5.80. The van der Waals surface area contributed by atoms with Crippen LogP contribution < -0.4 is 4.72 Å². The quantitative estimate of drug-likeness (QED) is 0.410. The fraction of sp³-hybridized carbons (Fsp3) is 0.462. The summed E-state index contributed by atoms with van der Waals surface area (Å²) in [6, 6.07) is 13.8. The first-order chi connectivity index (χ1) is 16.2. The first-order valence-corrected chi connectivity index (χ1v) is 13.2. The predicted octanol–water partition coefficient (Wildman–Crippen LogP) is 3.54. The number of carbonyl (C=O) groups is 2. The van der Waals surface area contributed by atoms with Crippen molar-refractivity contribution in [3.8, 4) is 0 Å². The summed E-state index contributed by atoms with van der Waals surface area (Å²) in [5, 5.41) is 0. The van der Waals surface area contributed by atoms with Gasteiger partial charge in [-0.25, -0.2) is 13.1 Å². The van der Waals surface area contributed by atoms with Gasteiger partial charge in [-0.3, -0.25) is 9.59 Å². The monoisotopic (exact) mass is 486 g/mol. The average Bonchev–Trinajstić information content (AvgIpc) is 2.83. The second kappa shape index (κ2) is 11.7. The summed E-state index contributed by atoms with van der Waals surface area (Å²) in [5.41, 5.74) is 2.39. The van der Waals surface area contributed by atoms with Crippen LogP contribution in [0.3, 0.4) is 0 Å². The Hall–Kier alpha value is -2.55. The number of benzene rings is 2. The highest BCUT2D eigenvalue weighted by atomic mass is 32.2. The molecule has 3 rings (SSSR count). The molecule has 8 heteroatoms. The van der Waals surface area contributed by atoms with Crippen LogP contribution in [0.1, 0.15) is 53.0 Å². The van der Waals surface area contributed by atoms with Gasteiger partial charge in [0.2, 0.25) is 10.0 Å². The zero-order chi connectivity index (χ0) is 24.7. The number of rotatable bonds is 10. The maximum absolute atomic E-state index is 12.9. The molecule has 0 radical (unpaired) electrons. The number of piperidine rings is 1. The standard InChI is InChI=1S/C26H34N2O5S/c1-19(2)18-20-4-6-21(7-5-20)25(29)22-12-15-28(16-13-22)26(30)23-8-10-24(11-9-23)34(31,32)27-14-17-33-3/h4-11,19,22,27H,12-18H2,1-3H3. The Labute approximate surface area is 202 Å². The molecule has 1 aliphatic heterocycles. The molecule has 0 aromatic heterocycles. The van der Waals surface area contributed by atoms with Crippen LogP contribution in [-0.4, -0.2) is 58.4 Å². The molecule has 0 aliphatic carbocycles. The number of ether oxygens (including phenoxy) is 1. The third-order valence-corrected chi connectivity index (χ3v) is 7.52. The molecule has 34 heavy (non-hydrogen) atoms. The van der Waals surface area contributed by atoms with E-state index >= 15 is 0 Å².